The van der Waals surface area contributed by atoms with Crippen LogP contribution in [-0.4, -0.2) is 0 Å². The standard InChI is InChI=1S/C10H6ClS/c11-10-7-12-6-9(10)8-4-2-1-3-5-8/h1-5,7H. The smallest absolute Gasteiger partial charge is 0.0598 e. The van der Waals surface area contributed by atoms with E-state index in [1.165, 1.54) is 11.3 Å². The largest absolute Gasteiger partial charge is 0.141 e. The van der Waals surface area contributed by atoms with Crippen molar-refractivity contribution in [1.29, 1.82) is 0 Å². The van der Waals surface area contributed by atoms with Crippen LogP contribution in [0.3, 0.4) is 0 Å². The molecule has 0 unspecified atom stereocenters. The van der Waals surface area contributed by atoms with Crippen molar-refractivity contribution in [2.75, 3.05) is 0 Å². The van der Waals surface area contributed by atoms with Crippen molar-refractivity contribution >= 4 is 22.9 Å². The lowest BCUT2D eigenvalue weighted by molar-refractivity contribution is 1.67. The molecule has 2 heteroatoms. The molecule has 2 aromatic rings. The van der Waals surface area contributed by atoms with E-state index in [0.717, 1.165) is 16.1 Å². The molecule has 0 atom stereocenters. The third-order valence-corrected chi connectivity index (χ3v) is 2.73. The molecule has 2 rings (SSSR count). The van der Waals surface area contributed by atoms with E-state index in [2.05, 4.69) is 5.38 Å². The first-order chi connectivity index (χ1) is 5.88. The van der Waals surface area contributed by atoms with Crippen molar-refractivity contribution in [2.45, 2.75) is 0 Å². The summed E-state index contributed by atoms with van der Waals surface area (Å²) in [6.07, 6.45) is 0. The van der Waals surface area contributed by atoms with Gasteiger partial charge in [-0.15, -0.1) is 11.3 Å². The van der Waals surface area contributed by atoms with Gasteiger partial charge < -0.3 is 0 Å². The van der Waals surface area contributed by atoms with E-state index in [-0.39, 0.29) is 0 Å². The van der Waals surface area contributed by atoms with E-state index in [0.29, 0.717) is 0 Å². The highest BCUT2D eigenvalue weighted by Crippen LogP contribution is 2.29. The molecule has 0 aliphatic rings. The fourth-order valence-corrected chi connectivity index (χ4v) is 2.02. The fourth-order valence-electron chi connectivity index (χ4n) is 1.05. The average Bonchev–Trinajstić information content (AvgIpc) is 2.53. The molecule has 0 amide bonds. The van der Waals surface area contributed by atoms with Crippen molar-refractivity contribution in [3.8, 4) is 11.1 Å². The predicted octanol–water partition coefficient (Wildman–Crippen LogP) is 3.87. The average molecular weight is 194 g/mol. The minimum atomic E-state index is 0.784. The van der Waals surface area contributed by atoms with Crippen LogP contribution in [0.15, 0.2) is 35.7 Å². The Morgan fingerprint density at radius 1 is 1.17 bits per heavy atom. The summed E-state index contributed by atoms with van der Waals surface area (Å²) in [6.45, 7) is 0. The summed E-state index contributed by atoms with van der Waals surface area (Å²) in [5.41, 5.74) is 2.13. The zero-order chi connectivity index (χ0) is 8.39. The highest BCUT2D eigenvalue weighted by molar-refractivity contribution is 7.08. The summed E-state index contributed by atoms with van der Waals surface area (Å²) < 4.78 is 0. The number of hydrogen-bond donors (Lipinski definition) is 0. The molecule has 0 aliphatic heterocycles. The summed E-state index contributed by atoms with van der Waals surface area (Å²) in [7, 11) is 0. The molecule has 59 valence electrons. The summed E-state index contributed by atoms with van der Waals surface area (Å²) in [6, 6.07) is 10.0. The van der Waals surface area contributed by atoms with Crippen LogP contribution in [0, 0.1) is 5.38 Å². The van der Waals surface area contributed by atoms with Crippen LogP contribution in [-0.2, 0) is 0 Å². The maximum Gasteiger partial charge on any atom is 0.0598 e. The molecule has 1 aromatic heterocycles. The number of hydrogen-bond acceptors (Lipinski definition) is 1. The molecule has 0 bridgehead atoms. The first-order valence-corrected chi connectivity index (χ1v) is 4.84. The number of benzene rings is 1. The van der Waals surface area contributed by atoms with Gasteiger partial charge in [-0.25, -0.2) is 0 Å². The SMILES string of the molecule is Clc1cs[c]c1-c1ccccc1. The lowest BCUT2D eigenvalue weighted by Crippen LogP contribution is -1.71. The number of halogens is 1. The third kappa shape index (κ3) is 1.38. The van der Waals surface area contributed by atoms with Gasteiger partial charge in [-0.2, -0.15) is 0 Å². The van der Waals surface area contributed by atoms with Gasteiger partial charge in [0.25, 0.3) is 0 Å². The Bertz CT molecular complexity index is 364. The van der Waals surface area contributed by atoms with Gasteiger partial charge in [-0.1, -0.05) is 41.9 Å². The van der Waals surface area contributed by atoms with Crippen molar-refractivity contribution in [2.24, 2.45) is 0 Å². The van der Waals surface area contributed by atoms with E-state index in [9.17, 15) is 0 Å². The Kier molecular flexibility index (Phi) is 2.15. The highest BCUT2D eigenvalue weighted by atomic mass is 35.5. The van der Waals surface area contributed by atoms with Gasteiger partial charge >= 0.3 is 0 Å². The van der Waals surface area contributed by atoms with Gasteiger partial charge in [0.05, 0.1) is 10.4 Å². The van der Waals surface area contributed by atoms with Gasteiger partial charge in [0.15, 0.2) is 0 Å². The molecule has 0 fully saturated rings. The minimum Gasteiger partial charge on any atom is -0.141 e. The molecule has 1 aromatic carbocycles. The predicted molar refractivity (Wildman–Crippen MR) is 53.6 cm³/mol. The molecule has 0 spiro atoms. The van der Waals surface area contributed by atoms with E-state index in [1.54, 1.807) is 0 Å². The maximum atomic E-state index is 5.95. The molecule has 1 heterocycles. The van der Waals surface area contributed by atoms with Crippen LogP contribution in [0.5, 0.6) is 0 Å². The van der Waals surface area contributed by atoms with Crippen LogP contribution in [0.1, 0.15) is 0 Å². The van der Waals surface area contributed by atoms with Crippen LogP contribution in [0.2, 0.25) is 5.02 Å². The number of thiophene rings is 1. The zero-order valence-corrected chi connectivity index (χ0v) is 7.82. The molecule has 12 heavy (non-hydrogen) atoms. The van der Waals surface area contributed by atoms with E-state index in [1.807, 2.05) is 35.7 Å². The quantitative estimate of drug-likeness (QED) is 0.645. The van der Waals surface area contributed by atoms with Gasteiger partial charge in [0.1, 0.15) is 0 Å². The molecule has 0 aliphatic carbocycles. The maximum absolute atomic E-state index is 5.95. The van der Waals surface area contributed by atoms with E-state index in [4.69, 9.17) is 11.6 Å². The molecular weight excluding hydrogens is 188 g/mol. The molecular formula is C10H6ClS. The zero-order valence-electron chi connectivity index (χ0n) is 6.25. The Morgan fingerprint density at radius 3 is 2.50 bits per heavy atom. The number of rotatable bonds is 1. The normalized spacial score (nSPS) is 10.1. The third-order valence-electron chi connectivity index (χ3n) is 1.62. The van der Waals surface area contributed by atoms with Gasteiger partial charge in [0.2, 0.25) is 0 Å². The van der Waals surface area contributed by atoms with E-state index >= 15 is 0 Å². The van der Waals surface area contributed by atoms with Crippen LogP contribution >= 0.6 is 22.9 Å². The van der Waals surface area contributed by atoms with Crippen molar-refractivity contribution in [3.05, 3.63) is 46.1 Å². The molecule has 0 N–H and O–H groups in total. The van der Waals surface area contributed by atoms with E-state index < -0.39 is 0 Å². The molecule has 0 saturated carbocycles. The topological polar surface area (TPSA) is 0 Å². The van der Waals surface area contributed by atoms with Crippen LogP contribution in [0.25, 0.3) is 11.1 Å². The second-order valence-corrected chi connectivity index (χ2v) is 3.51. The molecule has 1 radical (unpaired) electrons. The molecule has 0 nitrogen and oxygen atoms in total. The molecule has 0 saturated heterocycles. The van der Waals surface area contributed by atoms with Gasteiger partial charge in [-0.05, 0) is 5.56 Å². The highest BCUT2D eigenvalue weighted by Gasteiger charge is 2.02. The lowest BCUT2D eigenvalue weighted by atomic mass is 10.1. The van der Waals surface area contributed by atoms with Crippen molar-refractivity contribution < 1.29 is 0 Å². The first-order valence-electron chi connectivity index (χ1n) is 3.58. The van der Waals surface area contributed by atoms with Crippen LogP contribution in [0.4, 0.5) is 0 Å². The summed E-state index contributed by atoms with van der Waals surface area (Å²) in [5, 5.41) is 5.81. The Hall–Kier alpha value is -0.790. The fraction of sp³-hybridized carbons (Fsp3) is 0. The lowest BCUT2D eigenvalue weighted by Gasteiger charge is -1.96. The Labute approximate surface area is 80.4 Å². The van der Waals surface area contributed by atoms with Crippen molar-refractivity contribution in [1.82, 2.24) is 0 Å². The summed E-state index contributed by atoms with van der Waals surface area (Å²) >= 11 is 7.46. The Morgan fingerprint density at radius 2 is 1.92 bits per heavy atom. The minimum absolute atomic E-state index is 0.784. The second-order valence-electron chi connectivity index (χ2n) is 2.43. The second kappa shape index (κ2) is 3.30. The van der Waals surface area contributed by atoms with Gasteiger partial charge in [0, 0.05) is 10.9 Å². The summed E-state index contributed by atoms with van der Waals surface area (Å²) in [4.78, 5) is 0. The van der Waals surface area contributed by atoms with Gasteiger partial charge in [-0.3, -0.25) is 0 Å². The van der Waals surface area contributed by atoms with Crippen LogP contribution < -0.4 is 0 Å². The van der Waals surface area contributed by atoms with Crippen molar-refractivity contribution in [3.63, 3.8) is 0 Å². The summed E-state index contributed by atoms with van der Waals surface area (Å²) in [5.74, 6) is 0. The first kappa shape index (κ1) is 7.84. The Balaban J connectivity index is 2.51. The monoisotopic (exact) mass is 193 g/mol.